The average molecular weight is 330 g/mol. The SMILES string of the molecule is COC(=O)C(CCCC[NH3+])NC(=O)c1cc([N+](=O)[O-])c(C)s1. The molecular formula is C13H20N3O5S+. The lowest BCUT2D eigenvalue weighted by molar-refractivity contribution is -0.385. The summed E-state index contributed by atoms with van der Waals surface area (Å²) in [6.07, 6.45) is 2.01. The van der Waals surface area contributed by atoms with Gasteiger partial charge in [-0.1, -0.05) is 0 Å². The second kappa shape index (κ2) is 8.44. The third kappa shape index (κ3) is 4.78. The van der Waals surface area contributed by atoms with Crippen LogP contribution in [0.15, 0.2) is 6.07 Å². The number of methoxy groups -OCH3 is 1. The quantitative estimate of drug-likeness (QED) is 0.313. The molecule has 1 atom stereocenters. The van der Waals surface area contributed by atoms with Gasteiger partial charge in [0, 0.05) is 6.07 Å². The van der Waals surface area contributed by atoms with E-state index in [4.69, 9.17) is 0 Å². The van der Waals surface area contributed by atoms with Crippen molar-refractivity contribution in [2.45, 2.75) is 32.2 Å². The number of amides is 1. The van der Waals surface area contributed by atoms with E-state index in [2.05, 4.69) is 15.8 Å². The van der Waals surface area contributed by atoms with Crippen molar-refractivity contribution in [2.75, 3.05) is 13.7 Å². The zero-order valence-corrected chi connectivity index (χ0v) is 13.4. The molecule has 0 bridgehead atoms. The standard InChI is InChI=1S/C13H19N3O5S/c1-8-10(16(19)20)7-11(22-8)12(17)15-9(13(18)21-2)5-3-4-6-14/h7,9H,3-6,14H2,1-2H3,(H,15,17)/p+1. The van der Waals surface area contributed by atoms with E-state index in [9.17, 15) is 19.7 Å². The minimum atomic E-state index is -0.759. The Hall–Kier alpha value is -2.00. The molecule has 1 heterocycles. The molecule has 0 radical (unpaired) electrons. The third-order valence-corrected chi connectivity index (χ3v) is 4.13. The van der Waals surface area contributed by atoms with Crippen LogP contribution in [0, 0.1) is 17.0 Å². The second-order valence-corrected chi connectivity index (χ2v) is 5.96. The second-order valence-electron chi connectivity index (χ2n) is 4.71. The summed E-state index contributed by atoms with van der Waals surface area (Å²) in [6.45, 7) is 2.32. The van der Waals surface area contributed by atoms with Crippen molar-refractivity contribution in [3.8, 4) is 0 Å². The van der Waals surface area contributed by atoms with Crippen molar-refractivity contribution in [1.29, 1.82) is 0 Å². The molecule has 9 heteroatoms. The van der Waals surface area contributed by atoms with Crippen molar-refractivity contribution in [3.05, 3.63) is 25.9 Å². The number of aryl methyl sites for hydroxylation is 1. The highest BCUT2D eigenvalue weighted by atomic mass is 32.1. The summed E-state index contributed by atoms with van der Waals surface area (Å²) >= 11 is 1.02. The van der Waals surface area contributed by atoms with Crippen LogP contribution in [0.1, 0.15) is 33.8 Å². The molecule has 1 amide bonds. The Morgan fingerprint density at radius 1 is 1.50 bits per heavy atom. The van der Waals surface area contributed by atoms with E-state index in [1.54, 1.807) is 6.92 Å². The Morgan fingerprint density at radius 3 is 2.68 bits per heavy atom. The molecule has 1 aromatic heterocycles. The molecule has 4 N–H and O–H groups in total. The maximum atomic E-state index is 12.2. The van der Waals surface area contributed by atoms with Crippen molar-refractivity contribution in [3.63, 3.8) is 0 Å². The Kier molecular flexibility index (Phi) is 6.93. The molecule has 1 unspecified atom stereocenters. The first kappa shape index (κ1) is 18.1. The number of carbonyl (C=O) groups excluding carboxylic acids is 2. The lowest BCUT2D eigenvalue weighted by Gasteiger charge is -2.15. The molecule has 1 rings (SSSR count). The van der Waals surface area contributed by atoms with E-state index >= 15 is 0 Å². The largest absolute Gasteiger partial charge is 0.467 e. The van der Waals surface area contributed by atoms with E-state index in [1.165, 1.54) is 13.2 Å². The molecule has 0 aromatic carbocycles. The van der Waals surface area contributed by atoms with E-state index in [0.717, 1.165) is 30.7 Å². The van der Waals surface area contributed by atoms with Crippen LogP contribution in [0.2, 0.25) is 0 Å². The zero-order chi connectivity index (χ0) is 16.7. The topological polar surface area (TPSA) is 126 Å². The molecule has 0 spiro atoms. The summed E-state index contributed by atoms with van der Waals surface area (Å²) < 4.78 is 4.67. The third-order valence-electron chi connectivity index (χ3n) is 3.10. The number of esters is 1. The van der Waals surface area contributed by atoms with E-state index in [0.29, 0.717) is 11.3 Å². The summed E-state index contributed by atoms with van der Waals surface area (Å²) in [6, 6.07) is 0.463. The first-order chi connectivity index (χ1) is 10.4. The highest BCUT2D eigenvalue weighted by Crippen LogP contribution is 2.28. The first-order valence-corrected chi connectivity index (χ1v) is 7.65. The molecule has 22 heavy (non-hydrogen) atoms. The maximum absolute atomic E-state index is 12.2. The number of unbranched alkanes of at least 4 members (excludes halogenated alkanes) is 1. The fourth-order valence-corrected chi connectivity index (χ4v) is 2.80. The normalized spacial score (nSPS) is 11.8. The minimum absolute atomic E-state index is 0.0955. The molecule has 122 valence electrons. The summed E-state index contributed by atoms with van der Waals surface area (Å²) in [4.78, 5) is 34.8. The van der Waals surface area contributed by atoms with E-state index < -0.39 is 22.8 Å². The number of quaternary nitrogens is 1. The fraction of sp³-hybridized carbons (Fsp3) is 0.538. The van der Waals surface area contributed by atoms with Crippen molar-refractivity contribution < 1.29 is 25.0 Å². The minimum Gasteiger partial charge on any atom is -0.467 e. The molecule has 1 aromatic rings. The monoisotopic (exact) mass is 330 g/mol. The van der Waals surface area contributed by atoms with Gasteiger partial charge in [-0.3, -0.25) is 14.9 Å². The van der Waals surface area contributed by atoms with Crippen molar-refractivity contribution in [1.82, 2.24) is 5.32 Å². The van der Waals surface area contributed by atoms with Gasteiger partial charge in [-0.15, -0.1) is 11.3 Å². The van der Waals surface area contributed by atoms with Gasteiger partial charge in [-0.05, 0) is 26.2 Å². The predicted molar refractivity (Wildman–Crippen MR) is 80.6 cm³/mol. The van der Waals surface area contributed by atoms with Gasteiger partial charge in [0.1, 0.15) is 6.04 Å². The Balaban J connectivity index is 2.79. The number of ether oxygens (including phenoxy) is 1. The number of thiophene rings is 1. The van der Waals surface area contributed by atoms with Gasteiger partial charge in [0.05, 0.1) is 28.3 Å². The molecule has 0 aliphatic rings. The molecule has 0 fully saturated rings. The lowest BCUT2D eigenvalue weighted by Crippen LogP contribution is -2.50. The molecule has 0 aliphatic heterocycles. The molecule has 0 aliphatic carbocycles. The Labute approximate surface area is 131 Å². The van der Waals surface area contributed by atoms with E-state index in [-0.39, 0.29) is 10.6 Å². The molecule has 0 saturated carbocycles. The molecular weight excluding hydrogens is 310 g/mol. The van der Waals surface area contributed by atoms with Crippen molar-refractivity contribution in [2.24, 2.45) is 0 Å². The van der Waals surface area contributed by atoms with Gasteiger partial charge in [-0.2, -0.15) is 0 Å². The zero-order valence-electron chi connectivity index (χ0n) is 12.6. The summed E-state index contributed by atoms with van der Waals surface area (Å²) in [5.41, 5.74) is 3.62. The van der Waals surface area contributed by atoms with Gasteiger partial charge in [-0.25, -0.2) is 4.79 Å². The van der Waals surface area contributed by atoms with Gasteiger partial charge in [0.15, 0.2) is 0 Å². The smallest absolute Gasteiger partial charge is 0.328 e. The Morgan fingerprint density at radius 2 is 2.18 bits per heavy atom. The van der Waals surface area contributed by atoms with Crippen LogP contribution in [0.5, 0.6) is 0 Å². The van der Waals surface area contributed by atoms with Gasteiger partial charge in [0.25, 0.3) is 11.6 Å². The van der Waals surface area contributed by atoms with Gasteiger partial charge < -0.3 is 15.8 Å². The highest BCUT2D eigenvalue weighted by Gasteiger charge is 2.25. The van der Waals surface area contributed by atoms with Crippen molar-refractivity contribution >= 4 is 28.9 Å². The number of hydrogen-bond acceptors (Lipinski definition) is 6. The highest BCUT2D eigenvalue weighted by molar-refractivity contribution is 7.14. The summed E-state index contributed by atoms with van der Waals surface area (Å²) in [5, 5.41) is 13.4. The van der Waals surface area contributed by atoms with Crippen LogP contribution >= 0.6 is 11.3 Å². The fourth-order valence-electron chi connectivity index (χ4n) is 1.91. The van der Waals surface area contributed by atoms with Crippen LogP contribution in [-0.2, 0) is 9.53 Å². The lowest BCUT2D eigenvalue weighted by atomic mass is 10.1. The van der Waals surface area contributed by atoms with Crippen LogP contribution in [0.4, 0.5) is 5.69 Å². The first-order valence-electron chi connectivity index (χ1n) is 6.83. The summed E-state index contributed by atoms with van der Waals surface area (Å²) in [5.74, 6) is -1.04. The van der Waals surface area contributed by atoms with Crippen LogP contribution in [-0.4, -0.2) is 36.5 Å². The number of nitro groups is 1. The Bertz CT molecular complexity index is 558. The van der Waals surface area contributed by atoms with Gasteiger partial charge >= 0.3 is 5.97 Å². The number of rotatable bonds is 8. The van der Waals surface area contributed by atoms with Crippen LogP contribution < -0.4 is 11.1 Å². The van der Waals surface area contributed by atoms with E-state index in [1.807, 2.05) is 0 Å². The number of nitrogens with zero attached hydrogens (tertiary/aromatic N) is 1. The number of carbonyl (C=O) groups is 2. The molecule has 0 saturated heterocycles. The maximum Gasteiger partial charge on any atom is 0.328 e. The predicted octanol–water partition coefficient (Wildman–Crippen LogP) is 0.648. The number of hydrogen-bond donors (Lipinski definition) is 2. The van der Waals surface area contributed by atoms with Gasteiger partial charge in [0.2, 0.25) is 0 Å². The van der Waals surface area contributed by atoms with Crippen LogP contribution in [0.25, 0.3) is 0 Å². The van der Waals surface area contributed by atoms with Crippen LogP contribution in [0.3, 0.4) is 0 Å². The average Bonchev–Trinajstić information content (AvgIpc) is 2.87. The molecule has 8 nitrogen and oxygen atoms in total. The summed E-state index contributed by atoms with van der Waals surface area (Å²) in [7, 11) is 1.25. The number of nitrogens with one attached hydrogen (secondary N) is 1.